The minimum atomic E-state index is -4.11. The zero-order chi connectivity index (χ0) is 30.4. The number of rotatable bonds is 10. The number of amides is 1. The number of hydrogen-bond acceptors (Lipinski definition) is 6. The van der Waals surface area contributed by atoms with Crippen molar-refractivity contribution in [2.24, 2.45) is 0 Å². The second-order valence-corrected chi connectivity index (χ2v) is 12.4. The summed E-state index contributed by atoms with van der Waals surface area (Å²) in [5.74, 6) is 0.461. The van der Waals surface area contributed by atoms with Crippen molar-refractivity contribution in [1.82, 2.24) is 9.80 Å². The lowest BCUT2D eigenvalue weighted by atomic mass is 9.96. The van der Waals surface area contributed by atoms with Gasteiger partial charge in [-0.15, -0.1) is 0 Å². The molecular formula is C34H37N3O5S. The van der Waals surface area contributed by atoms with Crippen LogP contribution in [0.1, 0.15) is 22.7 Å². The third kappa shape index (κ3) is 6.68. The zero-order valence-electron chi connectivity index (χ0n) is 24.7. The molecule has 1 aliphatic rings. The average Bonchev–Trinajstić information content (AvgIpc) is 3.05. The molecule has 8 nitrogen and oxygen atoms in total. The number of piperazine rings is 1. The quantitative estimate of drug-likeness (QED) is 0.251. The molecule has 224 valence electrons. The molecule has 0 aliphatic carbocycles. The van der Waals surface area contributed by atoms with E-state index in [4.69, 9.17) is 9.47 Å². The van der Waals surface area contributed by atoms with Crippen LogP contribution in [0.4, 0.5) is 5.69 Å². The van der Waals surface area contributed by atoms with Crippen molar-refractivity contribution in [1.29, 1.82) is 0 Å². The van der Waals surface area contributed by atoms with Gasteiger partial charge in [0.25, 0.3) is 10.0 Å². The van der Waals surface area contributed by atoms with Crippen molar-refractivity contribution in [3.05, 3.63) is 120 Å². The van der Waals surface area contributed by atoms with E-state index in [1.54, 1.807) is 23.1 Å². The Bertz CT molecular complexity index is 1580. The van der Waals surface area contributed by atoms with Crippen LogP contribution in [0.25, 0.3) is 0 Å². The van der Waals surface area contributed by atoms with E-state index in [0.717, 1.165) is 5.56 Å². The summed E-state index contributed by atoms with van der Waals surface area (Å²) in [6.45, 7) is 3.92. The highest BCUT2D eigenvalue weighted by Gasteiger charge is 2.32. The summed E-state index contributed by atoms with van der Waals surface area (Å²) in [4.78, 5) is 17.9. The fourth-order valence-corrected chi connectivity index (χ4v) is 6.90. The zero-order valence-corrected chi connectivity index (χ0v) is 25.5. The fourth-order valence-electron chi connectivity index (χ4n) is 5.47. The third-order valence-corrected chi connectivity index (χ3v) is 9.58. The number of nitrogens with zero attached hydrogens (tertiary/aromatic N) is 3. The molecule has 5 rings (SSSR count). The molecule has 4 aromatic rings. The van der Waals surface area contributed by atoms with Gasteiger partial charge in [0.1, 0.15) is 6.54 Å². The van der Waals surface area contributed by atoms with Crippen LogP contribution < -0.4 is 13.8 Å². The number of anilines is 1. The van der Waals surface area contributed by atoms with Gasteiger partial charge in [-0.05, 0) is 42.3 Å². The lowest BCUT2D eigenvalue weighted by molar-refractivity contribution is -0.131. The molecule has 1 heterocycles. The van der Waals surface area contributed by atoms with Crippen LogP contribution in [0.15, 0.2) is 108 Å². The molecule has 0 radical (unpaired) electrons. The first kappa shape index (κ1) is 30.1. The highest BCUT2D eigenvalue weighted by atomic mass is 32.2. The molecular weight excluding hydrogens is 562 g/mol. The van der Waals surface area contributed by atoms with E-state index in [1.165, 1.54) is 41.8 Å². The van der Waals surface area contributed by atoms with E-state index >= 15 is 0 Å². The molecule has 0 bridgehead atoms. The summed E-state index contributed by atoms with van der Waals surface area (Å²) >= 11 is 0. The first-order chi connectivity index (χ1) is 20.8. The number of sulfonamides is 1. The second-order valence-electron chi connectivity index (χ2n) is 10.5. The molecule has 4 aromatic carbocycles. The molecule has 0 N–H and O–H groups in total. The van der Waals surface area contributed by atoms with Gasteiger partial charge < -0.3 is 14.4 Å². The van der Waals surface area contributed by atoms with Crippen LogP contribution in [0.2, 0.25) is 0 Å². The molecule has 1 saturated heterocycles. The third-order valence-electron chi connectivity index (χ3n) is 7.81. The molecule has 0 saturated carbocycles. The number of carbonyl (C=O) groups is 1. The molecule has 43 heavy (non-hydrogen) atoms. The number of benzene rings is 4. The smallest absolute Gasteiger partial charge is 0.264 e. The first-order valence-electron chi connectivity index (χ1n) is 14.2. The Morgan fingerprint density at radius 1 is 0.767 bits per heavy atom. The van der Waals surface area contributed by atoms with E-state index in [1.807, 2.05) is 55.5 Å². The highest BCUT2D eigenvalue weighted by Crippen LogP contribution is 2.33. The van der Waals surface area contributed by atoms with Crippen LogP contribution in [0.5, 0.6) is 11.5 Å². The van der Waals surface area contributed by atoms with Crippen LogP contribution in [-0.2, 0) is 14.8 Å². The largest absolute Gasteiger partial charge is 0.493 e. The summed E-state index contributed by atoms with van der Waals surface area (Å²) in [5, 5.41) is 0. The predicted octanol–water partition coefficient (Wildman–Crippen LogP) is 5.14. The van der Waals surface area contributed by atoms with Gasteiger partial charge in [-0.25, -0.2) is 8.42 Å². The summed E-state index contributed by atoms with van der Waals surface area (Å²) in [6, 6.07) is 32.4. The molecule has 0 unspecified atom stereocenters. The van der Waals surface area contributed by atoms with Gasteiger partial charge in [-0.1, -0.05) is 78.4 Å². The average molecular weight is 600 g/mol. The second kappa shape index (κ2) is 13.3. The summed E-state index contributed by atoms with van der Waals surface area (Å²) in [5.41, 5.74) is 3.79. The number of ether oxygens (including phenoxy) is 2. The van der Waals surface area contributed by atoms with E-state index in [0.29, 0.717) is 43.4 Å². The van der Waals surface area contributed by atoms with Crippen molar-refractivity contribution in [2.75, 3.05) is 51.2 Å². The van der Waals surface area contributed by atoms with Crippen molar-refractivity contribution in [2.45, 2.75) is 17.9 Å². The topological polar surface area (TPSA) is 79.4 Å². The molecule has 1 aliphatic heterocycles. The van der Waals surface area contributed by atoms with Gasteiger partial charge in [-0.3, -0.25) is 14.0 Å². The SMILES string of the molecule is COc1ccc(S(=O)(=O)N(CC(=O)N2CCN(C(c3ccccc3)c3ccccc3)CC2)c2ccc(C)cc2)cc1OC. The maximum absolute atomic E-state index is 14.0. The van der Waals surface area contributed by atoms with Gasteiger partial charge in [0.15, 0.2) is 11.5 Å². The first-order valence-corrected chi connectivity index (χ1v) is 15.7. The maximum Gasteiger partial charge on any atom is 0.264 e. The minimum absolute atomic E-state index is 0.0110. The molecule has 0 aromatic heterocycles. The Labute approximate surface area is 254 Å². The standard InChI is InChI=1S/C34H37N3O5S/c1-26-14-16-29(17-15-26)37(43(39,40)30-18-19-31(41-2)32(24-30)42-3)25-33(38)35-20-22-36(23-21-35)34(27-10-6-4-7-11-27)28-12-8-5-9-13-28/h4-19,24,34H,20-23,25H2,1-3H3. The van der Waals surface area contributed by atoms with Crippen LogP contribution in [0.3, 0.4) is 0 Å². The number of aryl methyl sites for hydroxylation is 1. The monoisotopic (exact) mass is 599 g/mol. The molecule has 1 fully saturated rings. The maximum atomic E-state index is 14.0. The normalized spacial score (nSPS) is 14.0. The van der Waals surface area contributed by atoms with E-state index < -0.39 is 10.0 Å². The van der Waals surface area contributed by atoms with Crippen molar-refractivity contribution in [3.63, 3.8) is 0 Å². The number of hydrogen-bond donors (Lipinski definition) is 0. The predicted molar refractivity (Wildman–Crippen MR) is 168 cm³/mol. The van der Waals surface area contributed by atoms with Gasteiger partial charge in [0.05, 0.1) is 30.8 Å². The van der Waals surface area contributed by atoms with Crippen LogP contribution >= 0.6 is 0 Å². The Morgan fingerprint density at radius 3 is 1.86 bits per heavy atom. The fraction of sp³-hybridized carbons (Fsp3) is 0.265. The molecule has 1 amide bonds. The van der Waals surface area contributed by atoms with Crippen molar-refractivity contribution < 1.29 is 22.7 Å². The Kier molecular flexibility index (Phi) is 9.33. The van der Waals surface area contributed by atoms with Crippen LogP contribution in [0, 0.1) is 6.92 Å². The van der Waals surface area contributed by atoms with Gasteiger partial charge in [0.2, 0.25) is 5.91 Å². The molecule has 0 atom stereocenters. The highest BCUT2D eigenvalue weighted by molar-refractivity contribution is 7.92. The van der Waals surface area contributed by atoms with Gasteiger partial charge in [-0.2, -0.15) is 0 Å². The van der Waals surface area contributed by atoms with E-state index in [9.17, 15) is 13.2 Å². The lowest BCUT2D eigenvalue weighted by Gasteiger charge is -2.40. The van der Waals surface area contributed by atoms with Crippen molar-refractivity contribution >= 4 is 21.6 Å². The number of methoxy groups -OCH3 is 2. The Balaban J connectivity index is 1.37. The summed E-state index contributed by atoms with van der Waals surface area (Å²) in [6.07, 6.45) is 0. The van der Waals surface area contributed by atoms with E-state index in [-0.39, 0.29) is 23.4 Å². The molecule has 9 heteroatoms. The van der Waals surface area contributed by atoms with E-state index in [2.05, 4.69) is 29.2 Å². The number of carbonyl (C=O) groups excluding carboxylic acids is 1. The molecule has 0 spiro atoms. The Morgan fingerprint density at radius 2 is 1.33 bits per heavy atom. The van der Waals surface area contributed by atoms with Gasteiger partial charge in [0, 0.05) is 32.2 Å². The summed E-state index contributed by atoms with van der Waals surface area (Å²) < 4.78 is 39.8. The summed E-state index contributed by atoms with van der Waals surface area (Å²) in [7, 11) is -1.17. The van der Waals surface area contributed by atoms with Crippen molar-refractivity contribution in [3.8, 4) is 11.5 Å². The van der Waals surface area contributed by atoms with Gasteiger partial charge >= 0.3 is 0 Å². The van der Waals surface area contributed by atoms with Crippen LogP contribution in [-0.4, -0.2) is 71.1 Å². The lowest BCUT2D eigenvalue weighted by Crippen LogP contribution is -2.52. The minimum Gasteiger partial charge on any atom is -0.493 e. The Hall–Kier alpha value is -4.34.